The summed E-state index contributed by atoms with van der Waals surface area (Å²) >= 11 is 0. The minimum Gasteiger partial charge on any atom is -0.359 e. The lowest BCUT2D eigenvalue weighted by Crippen LogP contribution is -1.85. The summed E-state index contributed by atoms with van der Waals surface area (Å²) in [6.45, 7) is 0. The van der Waals surface area contributed by atoms with Gasteiger partial charge in [-0.2, -0.15) is 10.2 Å². The summed E-state index contributed by atoms with van der Waals surface area (Å²) in [5, 5.41) is 12.2. The summed E-state index contributed by atoms with van der Waals surface area (Å²) in [4.78, 5) is 7.20. The van der Waals surface area contributed by atoms with Crippen LogP contribution in [-0.4, -0.2) is 15.1 Å². The molecule has 0 unspecified atom stereocenters. The monoisotopic (exact) mass is 202 g/mol. The molecule has 5 heteroatoms. The van der Waals surface area contributed by atoms with Gasteiger partial charge in [0.05, 0.1) is 11.8 Å². The van der Waals surface area contributed by atoms with E-state index in [4.69, 9.17) is 9.78 Å². The molecule has 15 heavy (non-hydrogen) atoms. The Morgan fingerprint density at radius 1 is 1.53 bits per heavy atom. The minimum atomic E-state index is 0.514. The normalized spacial score (nSPS) is 10.1. The number of nitriles is 1. The predicted octanol–water partition coefficient (Wildman–Crippen LogP) is 1.91. The summed E-state index contributed by atoms with van der Waals surface area (Å²) < 4.78 is 5.04. The molecule has 0 spiro atoms. The van der Waals surface area contributed by atoms with Crippen molar-refractivity contribution < 1.29 is 4.52 Å². The van der Waals surface area contributed by atoms with Gasteiger partial charge in [0.25, 0.3) is 0 Å². The maximum absolute atomic E-state index is 8.38. The molecule has 2 aromatic rings. The molecular formula is C10H10N4O. The van der Waals surface area contributed by atoms with E-state index in [-0.39, 0.29) is 0 Å². The maximum atomic E-state index is 8.38. The van der Waals surface area contributed by atoms with Crippen LogP contribution in [0.3, 0.4) is 0 Å². The number of aryl methyl sites for hydroxylation is 1. The van der Waals surface area contributed by atoms with E-state index >= 15 is 0 Å². The lowest BCUT2D eigenvalue weighted by atomic mass is 10.2. The number of hydrogen-bond donors (Lipinski definition) is 1. The third-order valence-electron chi connectivity index (χ3n) is 1.99. The fraction of sp³-hybridized carbons (Fsp3) is 0.300. The van der Waals surface area contributed by atoms with E-state index in [2.05, 4.69) is 21.2 Å². The molecule has 0 radical (unpaired) electrons. The minimum absolute atomic E-state index is 0.514. The van der Waals surface area contributed by atoms with Crippen molar-refractivity contribution in [2.45, 2.75) is 19.3 Å². The third kappa shape index (κ3) is 2.23. The lowest BCUT2D eigenvalue weighted by molar-refractivity contribution is 0.376. The van der Waals surface area contributed by atoms with Crippen LogP contribution in [0, 0.1) is 11.3 Å². The zero-order chi connectivity index (χ0) is 10.5. The highest BCUT2D eigenvalue weighted by atomic mass is 16.5. The number of H-pyrrole nitrogens is 1. The first-order valence-electron chi connectivity index (χ1n) is 4.73. The Morgan fingerprint density at radius 3 is 3.20 bits per heavy atom. The van der Waals surface area contributed by atoms with Crippen LogP contribution in [0.4, 0.5) is 0 Å². The van der Waals surface area contributed by atoms with Crippen LogP contribution < -0.4 is 0 Å². The second-order valence-corrected chi connectivity index (χ2v) is 3.11. The molecule has 5 nitrogen and oxygen atoms in total. The largest absolute Gasteiger partial charge is 0.359 e. The van der Waals surface area contributed by atoms with Crippen molar-refractivity contribution in [1.82, 2.24) is 15.1 Å². The van der Waals surface area contributed by atoms with Crippen LogP contribution in [0.25, 0.3) is 11.5 Å². The Balaban J connectivity index is 2.02. The molecule has 0 aliphatic carbocycles. The smallest absolute Gasteiger partial charge is 0.227 e. The average molecular weight is 202 g/mol. The lowest BCUT2D eigenvalue weighted by Gasteiger charge is -1.87. The average Bonchev–Trinajstić information content (AvgIpc) is 2.87. The molecule has 2 aromatic heterocycles. The number of aromatic amines is 1. The first-order valence-corrected chi connectivity index (χ1v) is 4.73. The zero-order valence-corrected chi connectivity index (χ0v) is 8.10. The van der Waals surface area contributed by atoms with E-state index in [9.17, 15) is 0 Å². The van der Waals surface area contributed by atoms with Gasteiger partial charge in [-0.3, -0.25) is 0 Å². The summed E-state index contributed by atoms with van der Waals surface area (Å²) in [7, 11) is 0. The molecule has 0 fully saturated rings. The van der Waals surface area contributed by atoms with Gasteiger partial charge in [-0.15, -0.1) is 0 Å². The fourth-order valence-electron chi connectivity index (χ4n) is 1.25. The number of aromatic nitrogens is 3. The van der Waals surface area contributed by atoms with Crippen molar-refractivity contribution >= 4 is 0 Å². The molecule has 2 rings (SSSR count). The van der Waals surface area contributed by atoms with E-state index < -0.39 is 0 Å². The van der Waals surface area contributed by atoms with Crippen LogP contribution in [0.5, 0.6) is 0 Å². The first kappa shape index (κ1) is 9.46. The van der Waals surface area contributed by atoms with Crippen molar-refractivity contribution in [3.63, 3.8) is 0 Å². The summed E-state index contributed by atoms with van der Waals surface area (Å²) in [6.07, 6.45) is 3.73. The summed E-state index contributed by atoms with van der Waals surface area (Å²) in [5.41, 5.74) is 0.838. The van der Waals surface area contributed by atoms with Crippen molar-refractivity contribution in [1.29, 1.82) is 5.26 Å². The molecular weight excluding hydrogens is 192 g/mol. The molecule has 0 atom stereocenters. The van der Waals surface area contributed by atoms with Crippen LogP contribution in [0.2, 0.25) is 0 Å². The zero-order valence-electron chi connectivity index (χ0n) is 8.10. The van der Waals surface area contributed by atoms with Gasteiger partial charge in [0.15, 0.2) is 0 Å². The summed E-state index contributed by atoms with van der Waals surface area (Å²) in [6, 6.07) is 5.83. The highest BCUT2D eigenvalue weighted by Crippen LogP contribution is 2.13. The van der Waals surface area contributed by atoms with E-state index in [1.54, 1.807) is 6.20 Å². The highest BCUT2D eigenvalue weighted by Gasteiger charge is 2.08. The van der Waals surface area contributed by atoms with Crippen molar-refractivity contribution in [3.8, 4) is 17.6 Å². The Bertz CT molecular complexity index is 452. The topological polar surface area (TPSA) is 78.5 Å². The molecule has 0 aliphatic rings. The highest BCUT2D eigenvalue weighted by molar-refractivity contribution is 5.47. The van der Waals surface area contributed by atoms with Gasteiger partial charge in [0, 0.05) is 19.0 Å². The SMILES string of the molecule is N#CCCCc1nc(-c2ccc[nH]2)no1. The fourth-order valence-corrected chi connectivity index (χ4v) is 1.25. The van der Waals surface area contributed by atoms with Crippen LogP contribution in [-0.2, 0) is 6.42 Å². The van der Waals surface area contributed by atoms with Crippen molar-refractivity contribution in [2.24, 2.45) is 0 Å². The van der Waals surface area contributed by atoms with Crippen LogP contribution in [0.1, 0.15) is 18.7 Å². The molecule has 0 aliphatic heterocycles. The molecule has 0 bridgehead atoms. The van der Waals surface area contributed by atoms with Crippen LogP contribution >= 0.6 is 0 Å². The van der Waals surface area contributed by atoms with Gasteiger partial charge in [-0.1, -0.05) is 5.16 Å². The van der Waals surface area contributed by atoms with Gasteiger partial charge >= 0.3 is 0 Å². The van der Waals surface area contributed by atoms with E-state index in [1.807, 2.05) is 12.1 Å². The van der Waals surface area contributed by atoms with E-state index in [0.717, 1.165) is 12.1 Å². The molecule has 1 N–H and O–H groups in total. The molecule has 0 aromatic carbocycles. The van der Waals surface area contributed by atoms with Gasteiger partial charge in [-0.05, 0) is 18.6 Å². The second-order valence-electron chi connectivity index (χ2n) is 3.11. The number of unbranched alkanes of at least 4 members (excludes halogenated alkanes) is 1. The van der Waals surface area contributed by atoms with Crippen molar-refractivity contribution in [3.05, 3.63) is 24.2 Å². The van der Waals surface area contributed by atoms with Gasteiger partial charge in [0.2, 0.25) is 11.7 Å². The second kappa shape index (κ2) is 4.42. The van der Waals surface area contributed by atoms with E-state index in [1.165, 1.54) is 0 Å². The van der Waals surface area contributed by atoms with Crippen molar-refractivity contribution in [2.75, 3.05) is 0 Å². The van der Waals surface area contributed by atoms with Gasteiger partial charge in [-0.25, -0.2) is 0 Å². The first-order chi connectivity index (χ1) is 7.40. The summed E-state index contributed by atoms with van der Waals surface area (Å²) in [5.74, 6) is 1.14. The Labute approximate surface area is 86.7 Å². The molecule has 0 saturated carbocycles. The number of rotatable bonds is 4. The molecule has 0 amide bonds. The van der Waals surface area contributed by atoms with E-state index in [0.29, 0.717) is 24.6 Å². The number of hydrogen-bond acceptors (Lipinski definition) is 4. The maximum Gasteiger partial charge on any atom is 0.227 e. The molecule has 76 valence electrons. The molecule has 2 heterocycles. The molecule has 0 saturated heterocycles. The Hall–Kier alpha value is -2.09. The Kier molecular flexibility index (Phi) is 2.79. The van der Waals surface area contributed by atoms with Gasteiger partial charge in [0.1, 0.15) is 0 Å². The number of nitrogens with zero attached hydrogens (tertiary/aromatic N) is 3. The predicted molar refractivity (Wildman–Crippen MR) is 52.6 cm³/mol. The standard InChI is InChI=1S/C10H10N4O/c11-6-2-1-5-9-13-10(14-15-9)8-4-3-7-12-8/h3-4,7,12H,1-2,5H2. The number of nitrogens with one attached hydrogen (secondary N) is 1. The Morgan fingerprint density at radius 2 is 2.47 bits per heavy atom. The van der Waals surface area contributed by atoms with Gasteiger partial charge < -0.3 is 9.51 Å². The van der Waals surface area contributed by atoms with Crippen LogP contribution in [0.15, 0.2) is 22.9 Å². The third-order valence-corrected chi connectivity index (χ3v) is 1.99. The quantitative estimate of drug-likeness (QED) is 0.768.